The normalized spacial score (nSPS) is 27.2. The van der Waals surface area contributed by atoms with E-state index < -0.39 is 0 Å². The van der Waals surface area contributed by atoms with Gasteiger partial charge in [0.15, 0.2) is 0 Å². The molecule has 2 heteroatoms. The summed E-state index contributed by atoms with van der Waals surface area (Å²) < 4.78 is 5.80. The van der Waals surface area contributed by atoms with Crippen LogP contribution in [-0.4, -0.2) is 18.8 Å². The number of hydrogen-bond donors (Lipinski definition) is 1. The second kappa shape index (κ2) is 5.73. The van der Waals surface area contributed by atoms with Gasteiger partial charge < -0.3 is 9.84 Å². The number of methoxy groups -OCH3 is 1. The molecule has 0 saturated heterocycles. The quantitative estimate of drug-likeness (QED) is 0.841. The lowest BCUT2D eigenvalue weighted by molar-refractivity contribution is 0.120. The highest BCUT2D eigenvalue weighted by Crippen LogP contribution is 2.52. The first-order valence-electron chi connectivity index (χ1n) is 8.53. The molecule has 0 spiro atoms. The van der Waals surface area contributed by atoms with Gasteiger partial charge >= 0.3 is 0 Å². The topological polar surface area (TPSA) is 29.5 Å². The summed E-state index contributed by atoms with van der Waals surface area (Å²) >= 11 is 0. The van der Waals surface area contributed by atoms with Crippen molar-refractivity contribution in [2.45, 2.75) is 57.8 Å². The van der Waals surface area contributed by atoms with Crippen LogP contribution in [0.1, 0.15) is 62.6 Å². The van der Waals surface area contributed by atoms with Gasteiger partial charge in [0.25, 0.3) is 0 Å². The zero-order valence-electron chi connectivity index (χ0n) is 14.3. The van der Waals surface area contributed by atoms with Gasteiger partial charge in [-0.1, -0.05) is 37.6 Å². The fraction of sp³-hybridized carbons (Fsp3) is 0.600. The molecule has 0 heterocycles. The lowest BCUT2D eigenvalue weighted by atomic mass is 9.57. The molecule has 0 amide bonds. The van der Waals surface area contributed by atoms with Crippen LogP contribution in [0.25, 0.3) is 0 Å². The van der Waals surface area contributed by atoms with Crippen LogP contribution in [0.3, 0.4) is 0 Å². The standard InChI is InChI=1S/C20H28O2/c1-13(2)15-7-10-18-16(19(15)22-4)8-9-17-14(3)6-5-11-20(17,18)12-21/h6-7,10,13,17,21H,5,8-9,11-12H2,1-4H3/t17?,20-/m0/s1. The third kappa shape index (κ3) is 2.11. The summed E-state index contributed by atoms with van der Waals surface area (Å²) in [4.78, 5) is 0. The van der Waals surface area contributed by atoms with E-state index in [0.717, 1.165) is 31.4 Å². The summed E-state index contributed by atoms with van der Waals surface area (Å²) in [5.41, 5.74) is 5.32. The van der Waals surface area contributed by atoms with Gasteiger partial charge in [0.1, 0.15) is 5.75 Å². The number of benzene rings is 1. The second-order valence-electron chi connectivity index (χ2n) is 7.26. The van der Waals surface area contributed by atoms with Gasteiger partial charge in [0, 0.05) is 5.41 Å². The number of rotatable bonds is 3. The van der Waals surface area contributed by atoms with Gasteiger partial charge in [0.2, 0.25) is 0 Å². The molecule has 1 aromatic rings. The third-order valence-corrected chi connectivity index (χ3v) is 5.89. The van der Waals surface area contributed by atoms with Crippen LogP contribution in [-0.2, 0) is 11.8 Å². The summed E-state index contributed by atoms with van der Waals surface area (Å²) in [6, 6.07) is 4.49. The monoisotopic (exact) mass is 300 g/mol. The van der Waals surface area contributed by atoms with Crippen LogP contribution in [0.2, 0.25) is 0 Å². The molecule has 0 saturated carbocycles. The van der Waals surface area contributed by atoms with E-state index in [9.17, 15) is 5.11 Å². The van der Waals surface area contributed by atoms with Crippen molar-refractivity contribution in [1.29, 1.82) is 0 Å². The van der Waals surface area contributed by atoms with Crippen LogP contribution >= 0.6 is 0 Å². The van der Waals surface area contributed by atoms with Crippen molar-refractivity contribution in [2.24, 2.45) is 5.92 Å². The van der Waals surface area contributed by atoms with Crippen molar-refractivity contribution in [1.82, 2.24) is 0 Å². The van der Waals surface area contributed by atoms with Crippen LogP contribution < -0.4 is 4.74 Å². The fourth-order valence-electron chi connectivity index (χ4n) is 4.76. The summed E-state index contributed by atoms with van der Waals surface area (Å²) in [6.45, 7) is 6.90. The predicted molar refractivity (Wildman–Crippen MR) is 90.6 cm³/mol. The summed E-state index contributed by atoms with van der Waals surface area (Å²) in [6.07, 6.45) is 6.65. The van der Waals surface area contributed by atoms with Gasteiger partial charge in [-0.3, -0.25) is 0 Å². The molecule has 0 aromatic heterocycles. The number of aliphatic hydroxyl groups excluding tert-OH is 1. The minimum absolute atomic E-state index is 0.102. The average molecular weight is 300 g/mol. The molecule has 1 aromatic carbocycles. The van der Waals surface area contributed by atoms with Crippen molar-refractivity contribution in [3.63, 3.8) is 0 Å². The first kappa shape index (κ1) is 15.6. The van der Waals surface area contributed by atoms with Gasteiger partial charge in [-0.2, -0.15) is 0 Å². The Hall–Kier alpha value is -1.28. The van der Waals surface area contributed by atoms with Crippen LogP contribution in [0.4, 0.5) is 0 Å². The van der Waals surface area contributed by atoms with Gasteiger partial charge in [-0.05, 0) is 61.1 Å². The van der Waals surface area contributed by atoms with Gasteiger partial charge in [-0.25, -0.2) is 0 Å². The zero-order valence-corrected chi connectivity index (χ0v) is 14.3. The van der Waals surface area contributed by atoms with E-state index in [0.29, 0.717) is 11.8 Å². The first-order valence-corrected chi connectivity index (χ1v) is 8.53. The van der Waals surface area contributed by atoms with E-state index in [1.165, 1.54) is 22.3 Å². The van der Waals surface area contributed by atoms with Crippen molar-refractivity contribution < 1.29 is 9.84 Å². The molecule has 0 aliphatic heterocycles. The van der Waals surface area contributed by atoms with Crippen LogP contribution in [0.5, 0.6) is 5.75 Å². The Balaban J connectivity index is 2.20. The molecule has 2 aliphatic rings. The maximum atomic E-state index is 10.3. The molecule has 1 unspecified atom stereocenters. The Kier molecular flexibility index (Phi) is 4.07. The Morgan fingerprint density at radius 1 is 1.36 bits per heavy atom. The second-order valence-corrected chi connectivity index (χ2v) is 7.26. The SMILES string of the molecule is COc1c(C(C)C)ccc2c1CCC1C(C)=CCC[C@@]21CO. The Morgan fingerprint density at radius 2 is 2.14 bits per heavy atom. The molecule has 1 N–H and O–H groups in total. The number of ether oxygens (including phenoxy) is 1. The minimum Gasteiger partial charge on any atom is -0.496 e. The van der Waals surface area contributed by atoms with Crippen molar-refractivity contribution in [3.8, 4) is 5.75 Å². The smallest absolute Gasteiger partial charge is 0.125 e. The van der Waals surface area contributed by atoms with E-state index in [-0.39, 0.29) is 12.0 Å². The summed E-state index contributed by atoms with van der Waals surface area (Å²) in [5, 5.41) is 10.3. The van der Waals surface area contributed by atoms with Crippen molar-refractivity contribution in [2.75, 3.05) is 13.7 Å². The molecule has 22 heavy (non-hydrogen) atoms. The highest BCUT2D eigenvalue weighted by atomic mass is 16.5. The largest absolute Gasteiger partial charge is 0.496 e. The van der Waals surface area contributed by atoms with Gasteiger partial charge in [0.05, 0.1) is 13.7 Å². The Morgan fingerprint density at radius 3 is 2.77 bits per heavy atom. The third-order valence-electron chi connectivity index (χ3n) is 5.89. The van der Waals surface area contributed by atoms with E-state index in [4.69, 9.17) is 4.74 Å². The number of hydrogen-bond acceptors (Lipinski definition) is 2. The molecule has 2 atom stereocenters. The number of allylic oxidation sites excluding steroid dienone is 2. The molecule has 3 rings (SSSR count). The van der Waals surface area contributed by atoms with Crippen LogP contribution in [0, 0.1) is 5.92 Å². The molecule has 0 fully saturated rings. The summed E-state index contributed by atoms with van der Waals surface area (Å²) in [5.74, 6) is 2.00. The first-order chi connectivity index (χ1) is 10.5. The maximum Gasteiger partial charge on any atom is 0.125 e. The highest BCUT2D eigenvalue weighted by molar-refractivity contribution is 5.53. The van der Waals surface area contributed by atoms with Gasteiger partial charge in [-0.15, -0.1) is 0 Å². The maximum absolute atomic E-state index is 10.3. The lowest BCUT2D eigenvalue weighted by Gasteiger charge is -2.48. The van der Waals surface area contributed by atoms with Crippen molar-refractivity contribution in [3.05, 3.63) is 40.5 Å². The molecular formula is C20H28O2. The molecule has 2 nitrogen and oxygen atoms in total. The summed E-state index contributed by atoms with van der Waals surface area (Å²) in [7, 11) is 1.78. The van der Waals surface area contributed by atoms with E-state index >= 15 is 0 Å². The van der Waals surface area contributed by atoms with Crippen molar-refractivity contribution >= 4 is 0 Å². The average Bonchev–Trinajstić information content (AvgIpc) is 2.53. The molecule has 0 radical (unpaired) electrons. The van der Waals surface area contributed by atoms with E-state index in [1.807, 2.05) is 0 Å². The minimum atomic E-state index is -0.102. The highest BCUT2D eigenvalue weighted by Gasteiger charge is 2.46. The van der Waals surface area contributed by atoms with E-state index in [2.05, 4.69) is 39.0 Å². The fourth-order valence-corrected chi connectivity index (χ4v) is 4.76. The Labute approximate surface area is 134 Å². The molecular weight excluding hydrogens is 272 g/mol. The molecule has 120 valence electrons. The Bertz CT molecular complexity index is 600. The number of aliphatic hydroxyl groups is 1. The predicted octanol–water partition coefficient (Wildman–Crippen LogP) is 4.35. The molecule has 2 aliphatic carbocycles. The number of fused-ring (bicyclic) bond motifs is 3. The zero-order chi connectivity index (χ0) is 15.9. The van der Waals surface area contributed by atoms with E-state index in [1.54, 1.807) is 7.11 Å². The van der Waals surface area contributed by atoms with Crippen LogP contribution in [0.15, 0.2) is 23.8 Å². The lowest BCUT2D eigenvalue weighted by Crippen LogP contribution is -2.45. The molecule has 0 bridgehead atoms.